The summed E-state index contributed by atoms with van der Waals surface area (Å²) in [5.74, 6) is -0.146. The average Bonchev–Trinajstić information content (AvgIpc) is 2.43. The van der Waals surface area contributed by atoms with Crippen LogP contribution in [-0.4, -0.2) is 41.5 Å². The summed E-state index contributed by atoms with van der Waals surface area (Å²) in [7, 11) is 0. The molecule has 16 heavy (non-hydrogen) atoms. The van der Waals surface area contributed by atoms with Crippen molar-refractivity contribution in [1.82, 2.24) is 15.5 Å². The number of nitrogens with one attached hydrogen (secondary N) is 2. The number of carbonyl (C=O) groups is 1. The highest BCUT2D eigenvalue weighted by Gasteiger charge is 2.28. The number of hydrogen-bond acceptors (Lipinski definition) is 3. The van der Waals surface area contributed by atoms with Crippen molar-refractivity contribution in [3.63, 3.8) is 0 Å². The van der Waals surface area contributed by atoms with E-state index in [0.29, 0.717) is 24.6 Å². The maximum Gasteiger partial charge on any atom is 0.309 e. The van der Waals surface area contributed by atoms with Crippen molar-refractivity contribution in [3.8, 4) is 0 Å². The molecule has 0 aromatic carbocycles. The molecule has 6 heteroatoms. The molecule has 89 valence electrons. The van der Waals surface area contributed by atoms with E-state index in [1.165, 1.54) is 4.90 Å². The third kappa shape index (κ3) is 3.16. The standard InChI is InChI=1S/C10H16N3O2S/c1-2-11-10(16)13-6-4-3-5-8(9(13)15)12-7-14/h8H,2-6H2,1H3,(H,11,16)(H,12,14)/t8-/m0/s1. The molecule has 1 heterocycles. The van der Waals surface area contributed by atoms with Gasteiger partial charge in [0.05, 0.1) is 0 Å². The van der Waals surface area contributed by atoms with E-state index < -0.39 is 6.04 Å². The van der Waals surface area contributed by atoms with E-state index in [1.54, 1.807) is 6.41 Å². The Morgan fingerprint density at radius 1 is 1.62 bits per heavy atom. The molecular weight excluding hydrogens is 226 g/mol. The Balaban J connectivity index is 2.70. The predicted molar refractivity (Wildman–Crippen MR) is 64.5 cm³/mol. The third-order valence-electron chi connectivity index (χ3n) is 2.49. The predicted octanol–water partition coefficient (Wildman–Crippen LogP) is -0.0813. The molecule has 2 amide bonds. The molecule has 1 rings (SSSR count). The van der Waals surface area contributed by atoms with Crippen molar-refractivity contribution >= 4 is 29.6 Å². The summed E-state index contributed by atoms with van der Waals surface area (Å²) >= 11 is 5.12. The summed E-state index contributed by atoms with van der Waals surface area (Å²) in [6, 6.07) is -0.489. The molecule has 0 aromatic heterocycles. The van der Waals surface area contributed by atoms with E-state index in [-0.39, 0.29) is 5.91 Å². The minimum atomic E-state index is -0.489. The van der Waals surface area contributed by atoms with Crippen LogP contribution in [0.3, 0.4) is 0 Å². The molecule has 1 aliphatic rings. The van der Waals surface area contributed by atoms with Crippen LogP contribution in [0, 0.1) is 0 Å². The van der Waals surface area contributed by atoms with Gasteiger partial charge in [-0.1, -0.05) is 0 Å². The van der Waals surface area contributed by atoms with Crippen molar-refractivity contribution in [2.45, 2.75) is 32.2 Å². The van der Waals surface area contributed by atoms with Crippen LogP contribution in [0.5, 0.6) is 0 Å². The zero-order valence-corrected chi connectivity index (χ0v) is 10.1. The fourth-order valence-electron chi connectivity index (χ4n) is 1.69. The molecule has 1 atom stereocenters. The number of nitrogens with zero attached hydrogens (tertiary/aromatic N) is 1. The Morgan fingerprint density at radius 3 is 3.00 bits per heavy atom. The van der Waals surface area contributed by atoms with Crippen molar-refractivity contribution < 1.29 is 9.59 Å². The van der Waals surface area contributed by atoms with Crippen LogP contribution in [0.15, 0.2) is 0 Å². The lowest BCUT2D eigenvalue weighted by Crippen LogP contribution is -2.50. The van der Waals surface area contributed by atoms with Crippen molar-refractivity contribution in [3.05, 3.63) is 0 Å². The second kappa shape index (κ2) is 6.42. The summed E-state index contributed by atoms with van der Waals surface area (Å²) in [4.78, 5) is 23.8. The SMILES string of the molecule is CCNC(=S)N1CCCC[C@H](N[C]=O)C1=O. The molecule has 1 fully saturated rings. The molecule has 0 aliphatic carbocycles. The Kier molecular flexibility index (Phi) is 5.18. The van der Waals surface area contributed by atoms with Gasteiger partial charge in [0.1, 0.15) is 6.04 Å². The second-order valence-electron chi connectivity index (χ2n) is 3.62. The fourth-order valence-corrected chi connectivity index (χ4v) is 2.02. The number of likely N-dealkylation sites (tertiary alicyclic amines) is 1. The lowest BCUT2D eigenvalue weighted by Gasteiger charge is -2.24. The van der Waals surface area contributed by atoms with E-state index in [0.717, 1.165) is 12.8 Å². The largest absolute Gasteiger partial charge is 0.362 e. The van der Waals surface area contributed by atoms with Crippen LogP contribution < -0.4 is 10.6 Å². The van der Waals surface area contributed by atoms with Crippen LogP contribution in [0.2, 0.25) is 0 Å². The maximum atomic E-state index is 12.0. The van der Waals surface area contributed by atoms with Gasteiger partial charge in [0.15, 0.2) is 5.11 Å². The minimum Gasteiger partial charge on any atom is -0.362 e. The lowest BCUT2D eigenvalue weighted by atomic mass is 10.1. The summed E-state index contributed by atoms with van der Waals surface area (Å²) in [6.07, 6.45) is 4.02. The summed E-state index contributed by atoms with van der Waals surface area (Å²) in [5, 5.41) is 5.80. The van der Waals surface area contributed by atoms with Crippen LogP contribution in [0.4, 0.5) is 0 Å². The van der Waals surface area contributed by atoms with Crippen LogP contribution in [0.1, 0.15) is 26.2 Å². The first-order chi connectivity index (χ1) is 7.70. The first kappa shape index (κ1) is 12.9. The van der Waals surface area contributed by atoms with Crippen molar-refractivity contribution in [2.75, 3.05) is 13.1 Å². The topological polar surface area (TPSA) is 61.4 Å². The number of hydrogen-bond donors (Lipinski definition) is 2. The molecule has 0 bridgehead atoms. The molecule has 2 N–H and O–H groups in total. The van der Waals surface area contributed by atoms with Crippen LogP contribution in [0.25, 0.3) is 0 Å². The van der Waals surface area contributed by atoms with E-state index in [4.69, 9.17) is 12.2 Å². The second-order valence-corrected chi connectivity index (χ2v) is 4.01. The monoisotopic (exact) mass is 242 g/mol. The van der Waals surface area contributed by atoms with Gasteiger partial charge in [0.2, 0.25) is 0 Å². The molecule has 0 unspecified atom stereocenters. The molecule has 0 spiro atoms. The summed E-state index contributed by atoms with van der Waals surface area (Å²) in [6.45, 7) is 3.21. The molecule has 0 saturated carbocycles. The number of rotatable bonds is 3. The van der Waals surface area contributed by atoms with E-state index in [9.17, 15) is 9.59 Å². The maximum absolute atomic E-state index is 12.0. The molecular formula is C10H16N3O2S. The Bertz CT molecular complexity index is 283. The minimum absolute atomic E-state index is 0.146. The number of thiocarbonyl (C=S) groups is 1. The van der Waals surface area contributed by atoms with Gasteiger partial charge < -0.3 is 10.6 Å². The summed E-state index contributed by atoms with van der Waals surface area (Å²) in [5.41, 5.74) is 0. The highest BCUT2D eigenvalue weighted by Crippen LogP contribution is 2.12. The van der Waals surface area contributed by atoms with Gasteiger partial charge in [-0.15, -0.1) is 0 Å². The smallest absolute Gasteiger partial charge is 0.309 e. The first-order valence-electron chi connectivity index (χ1n) is 5.42. The zero-order chi connectivity index (χ0) is 12.0. The zero-order valence-electron chi connectivity index (χ0n) is 9.28. The number of carbonyl (C=O) groups excluding carboxylic acids is 2. The van der Waals surface area contributed by atoms with Gasteiger partial charge in [-0.05, 0) is 38.4 Å². The van der Waals surface area contributed by atoms with Crippen LogP contribution in [-0.2, 0) is 9.59 Å². The normalized spacial score (nSPS) is 21.2. The lowest BCUT2D eigenvalue weighted by molar-refractivity contribution is -0.128. The molecule has 1 aliphatic heterocycles. The van der Waals surface area contributed by atoms with Crippen molar-refractivity contribution in [2.24, 2.45) is 0 Å². The number of amides is 2. The highest BCUT2D eigenvalue weighted by atomic mass is 32.1. The summed E-state index contributed by atoms with van der Waals surface area (Å²) < 4.78 is 0. The molecule has 1 radical (unpaired) electrons. The first-order valence-corrected chi connectivity index (χ1v) is 5.83. The third-order valence-corrected chi connectivity index (χ3v) is 2.86. The Morgan fingerprint density at radius 2 is 2.38 bits per heavy atom. The van der Waals surface area contributed by atoms with Gasteiger partial charge >= 0.3 is 6.41 Å². The van der Waals surface area contributed by atoms with E-state index in [1.807, 2.05) is 6.92 Å². The van der Waals surface area contributed by atoms with Gasteiger partial charge in [-0.3, -0.25) is 14.5 Å². The van der Waals surface area contributed by atoms with Crippen molar-refractivity contribution in [1.29, 1.82) is 0 Å². The van der Waals surface area contributed by atoms with E-state index >= 15 is 0 Å². The van der Waals surface area contributed by atoms with Gasteiger partial charge in [-0.25, -0.2) is 0 Å². The average molecular weight is 242 g/mol. The Hall–Kier alpha value is -1.17. The Labute approximate surface area is 101 Å². The van der Waals surface area contributed by atoms with Gasteiger partial charge in [0, 0.05) is 13.1 Å². The highest BCUT2D eigenvalue weighted by molar-refractivity contribution is 7.80. The molecule has 1 saturated heterocycles. The van der Waals surface area contributed by atoms with Crippen LogP contribution >= 0.6 is 12.2 Å². The fraction of sp³-hybridized carbons (Fsp3) is 0.700. The molecule has 0 aromatic rings. The van der Waals surface area contributed by atoms with E-state index in [2.05, 4.69) is 10.6 Å². The quantitative estimate of drug-likeness (QED) is 0.537. The van der Waals surface area contributed by atoms with Gasteiger partial charge in [-0.2, -0.15) is 0 Å². The molecule has 5 nitrogen and oxygen atoms in total. The van der Waals surface area contributed by atoms with Gasteiger partial charge in [0.25, 0.3) is 5.91 Å².